The average molecular weight is 316 g/mol. The molecule has 8 heteroatoms. The number of nitrogens with one attached hydrogen (secondary N) is 2. The first kappa shape index (κ1) is 17.8. The van der Waals surface area contributed by atoms with Crippen LogP contribution in [0.1, 0.15) is 5.56 Å². The molecule has 0 saturated carbocycles. The molecule has 0 spiro atoms. The second-order valence-electron chi connectivity index (χ2n) is 4.63. The smallest absolute Gasteiger partial charge is 0.352 e. The van der Waals surface area contributed by atoms with Crippen LogP contribution in [0, 0.1) is 0 Å². The predicted molar refractivity (Wildman–Crippen MR) is 78.3 cm³/mol. The summed E-state index contributed by atoms with van der Waals surface area (Å²) in [5.74, 6) is -0.322. The number of alkyl halides is 3. The summed E-state index contributed by atoms with van der Waals surface area (Å²) in [4.78, 5) is 16.1. The largest absolute Gasteiger partial charge is 0.406 e. The lowest BCUT2D eigenvalue weighted by Crippen LogP contribution is -2.45. The molecule has 2 N–H and O–H groups in total. The molecule has 1 aromatic carbocycles. The van der Waals surface area contributed by atoms with Crippen LogP contribution >= 0.6 is 0 Å². The number of rotatable bonds is 5. The Bertz CT molecular complexity index is 503. The number of likely N-dealkylation sites (N-methyl/N-ethyl adjacent to an activating group) is 1. The van der Waals surface area contributed by atoms with E-state index < -0.39 is 18.6 Å². The van der Waals surface area contributed by atoms with Crippen molar-refractivity contribution in [2.75, 3.05) is 27.2 Å². The van der Waals surface area contributed by atoms with Crippen molar-refractivity contribution in [1.29, 1.82) is 0 Å². The Labute approximate surface area is 127 Å². The maximum atomic E-state index is 12.2. The minimum absolute atomic E-state index is 0.263. The van der Waals surface area contributed by atoms with Crippen LogP contribution in [0.3, 0.4) is 0 Å². The number of benzene rings is 1. The third kappa shape index (κ3) is 6.96. The molecule has 0 heterocycles. The maximum absolute atomic E-state index is 12.2. The zero-order chi connectivity index (χ0) is 16.6. The maximum Gasteiger partial charge on any atom is 0.406 e. The number of aliphatic imine (C=N–C) groups is 1. The molecule has 22 heavy (non-hydrogen) atoms. The van der Waals surface area contributed by atoms with Crippen molar-refractivity contribution in [3.8, 4) is 0 Å². The number of hydrogen-bond donors (Lipinski definition) is 2. The van der Waals surface area contributed by atoms with E-state index in [2.05, 4.69) is 15.6 Å². The summed E-state index contributed by atoms with van der Waals surface area (Å²) in [7, 11) is 2.63. The number of guanidine groups is 1. The third-order valence-electron chi connectivity index (χ3n) is 2.78. The zero-order valence-corrected chi connectivity index (χ0v) is 12.4. The Morgan fingerprint density at radius 3 is 2.41 bits per heavy atom. The zero-order valence-electron chi connectivity index (χ0n) is 12.4. The molecule has 0 aliphatic rings. The Balaban J connectivity index is 2.39. The van der Waals surface area contributed by atoms with Crippen LogP contribution in [0.15, 0.2) is 35.3 Å². The molecule has 5 nitrogen and oxygen atoms in total. The molecule has 1 rings (SSSR count). The van der Waals surface area contributed by atoms with Gasteiger partial charge in [-0.05, 0) is 5.56 Å². The highest BCUT2D eigenvalue weighted by Crippen LogP contribution is 2.15. The highest BCUT2D eigenvalue weighted by Gasteiger charge is 2.31. The Morgan fingerprint density at radius 2 is 1.86 bits per heavy atom. The molecule has 122 valence electrons. The van der Waals surface area contributed by atoms with Crippen LogP contribution in [-0.2, 0) is 11.3 Å². The topological polar surface area (TPSA) is 56.7 Å². The van der Waals surface area contributed by atoms with Crippen LogP contribution in [0.25, 0.3) is 0 Å². The van der Waals surface area contributed by atoms with Gasteiger partial charge >= 0.3 is 6.18 Å². The molecule has 0 radical (unpaired) electrons. The van der Waals surface area contributed by atoms with Crippen LogP contribution in [0.2, 0.25) is 0 Å². The molecule has 0 aromatic heterocycles. The lowest BCUT2D eigenvalue weighted by Gasteiger charge is -2.20. The van der Waals surface area contributed by atoms with E-state index in [4.69, 9.17) is 0 Å². The summed E-state index contributed by atoms with van der Waals surface area (Å²) in [6.45, 7) is -1.04. The summed E-state index contributed by atoms with van der Waals surface area (Å²) in [6.07, 6.45) is -4.41. The standard InChI is InChI=1S/C14H19F3N4O/c1-18-13(19-8-11-6-4-3-5-7-11)20-9-12(22)21(2)10-14(15,16)17/h3-7H,8-10H2,1-2H3,(H2,18,19,20). The summed E-state index contributed by atoms with van der Waals surface area (Å²) >= 11 is 0. The van der Waals surface area contributed by atoms with E-state index in [0.29, 0.717) is 17.4 Å². The molecule has 0 aliphatic carbocycles. The van der Waals surface area contributed by atoms with Crippen LogP contribution < -0.4 is 10.6 Å². The molecule has 0 saturated heterocycles. The summed E-state index contributed by atoms with van der Waals surface area (Å²) < 4.78 is 36.6. The third-order valence-corrected chi connectivity index (χ3v) is 2.78. The lowest BCUT2D eigenvalue weighted by molar-refractivity contribution is -0.157. The Morgan fingerprint density at radius 1 is 1.23 bits per heavy atom. The van der Waals surface area contributed by atoms with Crippen molar-refractivity contribution in [1.82, 2.24) is 15.5 Å². The monoisotopic (exact) mass is 316 g/mol. The quantitative estimate of drug-likeness (QED) is 0.637. The lowest BCUT2D eigenvalue weighted by atomic mass is 10.2. The molecule has 0 fully saturated rings. The fraction of sp³-hybridized carbons (Fsp3) is 0.429. The first-order valence-electron chi connectivity index (χ1n) is 6.61. The van der Waals surface area contributed by atoms with E-state index in [1.807, 2.05) is 30.3 Å². The van der Waals surface area contributed by atoms with Gasteiger partial charge in [-0.15, -0.1) is 0 Å². The van der Waals surface area contributed by atoms with Crippen molar-refractivity contribution < 1.29 is 18.0 Å². The first-order chi connectivity index (χ1) is 10.3. The van der Waals surface area contributed by atoms with Gasteiger partial charge in [0.05, 0.1) is 6.54 Å². The van der Waals surface area contributed by atoms with Crippen LogP contribution in [-0.4, -0.2) is 50.1 Å². The van der Waals surface area contributed by atoms with Gasteiger partial charge in [-0.3, -0.25) is 9.79 Å². The van der Waals surface area contributed by atoms with E-state index in [-0.39, 0.29) is 6.54 Å². The van der Waals surface area contributed by atoms with Crippen LogP contribution in [0.4, 0.5) is 13.2 Å². The van der Waals surface area contributed by atoms with Crippen molar-refractivity contribution in [2.24, 2.45) is 4.99 Å². The number of nitrogens with zero attached hydrogens (tertiary/aromatic N) is 2. The first-order valence-corrected chi connectivity index (χ1v) is 6.61. The van der Waals surface area contributed by atoms with Crippen molar-refractivity contribution in [3.05, 3.63) is 35.9 Å². The minimum atomic E-state index is -4.41. The van der Waals surface area contributed by atoms with Gasteiger partial charge < -0.3 is 15.5 Å². The number of amides is 1. The van der Waals surface area contributed by atoms with E-state index >= 15 is 0 Å². The van der Waals surface area contributed by atoms with Gasteiger partial charge in [0.2, 0.25) is 5.91 Å². The average Bonchev–Trinajstić information content (AvgIpc) is 2.46. The van der Waals surface area contributed by atoms with Gasteiger partial charge in [0, 0.05) is 20.6 Å². The second kappa shape index (κ2) is 8.26. The molecular formula is C14H19F3N4O. The molecule has 0 unspecified atom stereocenters. The number of carbonyl (C=O) groups excluding carboxylic acids is 1. The second-order valence-corrected chi connectivity index (χ2v) is 4.63. The highest BCUT2D eigenvalue weighted by atomic mass is 19.4. The molecule has 0 aliphatic heterocycles. The normalized spacial score (nSPS) is 12.0. The van der Waals surface area contributed by atoms with E-state index in [0.717, 1.165) is 12.6 Å². The van der Waals surface area contributed by atoms with Gasteiger partial charge in [-0.2, -0.15) is 13.2 Å². The fourth-order valence-electron chi connectivity index (χ4n) is 1.65. The van der Waals surface area contributed by atoms with Gasteiger partial charge in [0.1, 0.15) is 6.54 Å². The van der Waals surface area contributed by atoms with E-state index in [9.17, 15) is 18.0 Å². The Kier molecular flexibility index (Phi) is 6.68. The summed E-state index contributed by atoms with van der Waals surface area (Å²) in [5, 5.41) is 5.66. The van der Waals surface area contributed by atoms with Crippen molar-refractivity contribution in [2.45, 2.75) is 12.7 Å². The molecule has 1 amide bonds. The molecular weight excluding hydrogens is 297 g/mol. The SMILES string of the molecule is CN=C(NCC(=O)N(C)CC(F)(F)F)NCc1ccccc1. The number of carbonyl (C=O) groups is 1. The highest BCUT2D eigenvalue weighted by molar-refractivity contribution is 5.86. The fourth-order valence-corrected chi connectivity index (χ4v) is 1.65. The van der Waals surface area contributed by atoms with Gasteiger partial charge in [0.25, 0.3) is 0 Å². The molecule has 0 atom stereocenters. The Hall–Kier alpha value is -2.25. The number of halogens is 3. The van der Waals surface area contributed by atoms with Gasteiger partial charge in [-0.25, -0.2) is 0 Å². The van der Waals surface area contributed by atoms with Crippen LogP contribution in [0.5, 0.6) is 0 Å². The van der Waals surface area contributed by atoms with E-state index in [1.54, 1.807) is 0 Å². The number of hydrogen-bond acceptors (Lipinski definition) is 2. The molecule has 1 aromatic rings. The summed E-state index contributed by atoms with van der Waals surface area (Å²) in [5.41, 5.74) is 1.02. The van der Waals surface area contributed by atoms with E-state index in [1.165, 1.54) is 7.05 Å². The molecule has 0 bridgehead atoms. The van der Waals surface area contributed by atoms with Crippen molar-refractivity contribution >= 4 is 11.9 Å². The van der Waals surface area contributed by atoms with Gasteiger partial charge in [-0.1, -0.05) is 30.3 Å². The summed E-state index contributed by atoms with van der Waals surface area (Å²) in [6, 6.07) is 9.52. The van der Waals surface area contributed by atoms with Gasteiger partial charge in [0.15, 0.2) is 5.96 Å². The van der Waals surface area contributed by atoms with Crippen molar-refractivity contribution in [3.63, 3.8) is 0 Å². The minimum Gasteiger partial charge on any atom is -0.352 e. The predicted octanol–water partition coefficient (Wildman–Crippen LogP) is 1.37.